The Hall–Kier alpha value is -0.530. The summed E-state index contributed by atoms with van der Waals surface area (Å²) in [5.74, 6) is 2.01. The van der Waals surface area contributed by atoms with Crippen LogP contribution < -0.4 is 0 Å². The monoisotopic (exact) mass is 282 g/mol. The lowest BCUT2D eigenvalue weighted by atomic mass is 10.0. The molecule has 2 fully saturated rings. The molecular weight excluding hydrogens is 267 g/mol. The van der Waals surface area contributed by atoms with E-state index in [0.717, 1.165) is 5.56 Å². The number of Topliss-reactive ketones (excluding diaryl/α,β-unsaturated/α-hetero) is 1. The summed E-state index contributed by atoms with van der Waals surface area (Å²) in [5, 5.41) is 1.30. The van der Waals surface area contributed by atoms with Gasteiger partial charge in [0.05, 0.1) is 0 Å². The second kappa shape index (κ2) is 4.86. The largest absolute Gasteiger partial charge is 0.299 e. The van der Waals surface area contributed by atoms with Crippen LogP contribution in [0.3, 0.4) is 0 Å². The van der Waals surface area contributed by atoms with E-state index in [4.69, 9.17) is 23.2 Å². The van der Waals surface area contributed by atoms with Crippen LogP contribution in [0.25, 0.3) is 0 Å². The Labute approximate surface area is 117 Å². The molecule has 0 saturated heterocycles. The van der Waals surface area contributed by atoms with E-state index in [2.05, 4.69) is 0 Å². The molecule has 1 aromatic rings. The van der Waals surface area contributed by atoms with Crippen molar-refractivity contribution in [3.05, 3.63) is 33.8 Å². The fourth-order valence-corrected chi connectivity index (χ4v) is 3.83. The first-order chi connectivity index (χ1) is 8.66. The lowest BCUT2D eigenvalue weighted by molar-refractivity contribution is -0.120. The summed E-state index contributed by atoms with van der Waals surface area (Å²) >= 11 is 12.1. The molecule has 0 aliphatic heterocycles. The fourth-order valence-electron chi connectivity index (χ4n) is 3.45. The average molecular weight is 283 g/mol. The van der Waals surface area contributed by atoms with E-state index in [0.29, 0.717) is 40.0 Å². The Balaban J connectivity index is 1.69. The van der Waals surface area contributed by atoms with Crippen molar-refractivity contribution in [2.24, 2.45) is 17.8 Å². The number of rotatable bonds is 3. The standard InChI is InChI=1S/C15H16Cl2O/c16-10-5-6-13(17)9(7-10)8-14(18)15-11-3-1-2-4-12(11)15/h5-7,11-12,15H,1-4,8H2. The van der Waals surface area contributed by atoms with Crippen LogP contribution in [0, 0.1) is 17.8 Å². The van der Waals surface area contributed by atoms with Gasteiger partial charge in [0, 0.05) is 22.4 Å². The zero-order chi connectivity index (χ0) is 12.7. The van der Waals surface area contributed by atoms with Gasteiger partial charge in [-0.25, -0.2) is 0 Å². The van der Waals surface area contributed by atoms with Gasteiger partial charge in [-0.3, -0.25) is 4.79 Å². The highest BCUT2D eigenvalue weighted by atomic mass is 35.5. The van der Waals surface area contributed by atoms with Crippen LogP contribution >= 0.6 is 23.2 Å². The molecule has 1 nitrogen and oxygen atoms in total. The number of carbonyl (C=O) groups excluding carboxylic acids is 1. The third-order valence-corrected chi connectivity index (χ3v) is 5.00. The molecule has 0 aromatic heterocycles. The van der Waals surface area contributed by atoms with Crippen molar-refractivity contribution in [1.29, 1.82) is 0 Å². The molecule has 2 aliphatic rings. The third-order valence-electron chi connectivity index (χ3n) is 4.40. The second-order valence-corrected chi connectivity index (χ2v) is 6.36. The molecule has 2 atom stereocenters. The van der Waals surface area contributed by atoms with Crippen molar-refractivity contribution < 1.29 is 4.79 Å². The van der Waals surface area contributed by atoms with E-state index in [1.54, 1.807) is 12.1 Å². The first kappa shape index (κ1) is 12.5. The number of halogens is 2. The zero-order valence-electron chi connectivity index (χ0n) is 10.2. The zero-order valence-corrected chi connectivity index (χ0v) is 11.7. The van der Waals surface area contributed by atoms with E-state index in [9.17, 15) is 4.79 Å². The molecule has 2 aliphatic carbocycles. The normalized spacial score (nSPS) is 29.8. The minimum atomic E-state index is 0.308. The highest BCUT2D eigenvalue weighted by Crippen LogP contribution is 2.56. The second-order valence-electron chi connectivity index (χ2n) is 5.52. The van der Waals surface area contributed by atoms with Gasteiger partial charge in [-0.15, -0.1) is 0 Å². The molecule has 3 heteroatoms. The number of fused-ring (bicyclic) bond motifs is 1. The van der Waals surface area contributed by atoms with E-state index in [1.807, 2.05) is 6.07 Å². The fraction of sp³-hybridized carbons (Fsp3) is 0.533. The Bertz CT molecular complexity index is 471. The van der Waals surface area contributed by atoms with E-state index in [1.165, 1.54) is 25.7 Å². The maximum atomic E-state index is 12.3. The average Bonchev–Trinajstić information content (AvgIpc) is 3.08. The number of hydrogen-bond donors (Lipinski definition) is 0. The van der Waals surface area contributed by atoms with Gasteiger partial charge in [-0.05, 0) is 48.4 Å². The van der Waals surface area contributed by atoms with Gasteiger partial charge in [-0.2, -0.15) is 0 Å². The van der Waals surface area contributed by atoms with Crippen molar-refractivity contribution in [1.82, 2.24) is 0 Å². The molecule has 2 unspecified atom stereocenters. The predicted molar refractivity (Wildman–Crippen MR) is 74.1 cm³/mol. The van der Waals surface area contributed by atoms with Gasteiger partial charge in [0.15, 0.2) is 0 Å². The van der Waals surface area contributed by atoms with Gasteiger partial charge in [-0.1, -0.05) is 36.0 Å². The summed E-state index contributed by atoms with van der Waals surface area (Å²) in [6.07, 6.45) is 5.51. The number of carbonyl (C=O) groups is 1. The molecule has 0 N–H and O–H groups in total. The summed E-state index contributed by atoms with van der Waals surface area (Å²) in [6.45, 7) is 0. The van der Waals surface area contributed by atoms with Crippen LogP contribution in [0.2, 0.25) is 10.0 Å². The molecule has 96 valence electrons. The third kappa shape index (κ3) is 2.31. The number of hydrogen-bond acceptors (Lipinski definition) is 1. The molecular formula is C15H16Cl2O. The molecule has 0 amide bonds. The summed E-state index contributed by atoms with van der Waals surface area (Å²) in [7, 11) is 0. The van der Waals surface area contributed by atoms with Crippen molar-refractivity contribution >= 4 is 29.0 Å². The molecule has 0 heterocycles. The Morgan fingerprint density at radius 1 is 1.17 bits per heavy atom. The molecule has 0 bridgehead atoms. The van der Waals surface area contributed by atoms with Crippen molar-refractivity contribution in [2.45, 2.75) is 32.1 Å². The molecule has 18 heavy (non-hydrogen) atoms. The SMILES string of the molecule is O=C(Cc1cc(Cl)ccc1Cl)C1C2CCCCC21. The van der Waals surface area contributed by atoms with Crippen LogP contribution in [-0.4, -0.2) is 5.78 Å². The number of benzene rings is 1. The van der Waals surface area contributed by atoms with Crippen LogP contribution in [0.15, 0.2) is 18.2 Å². The minimum Gasteiger partial charge on any atom is -0.299 e. The Morgan fingerprint density at radius 2 is 1.83 bits per heavy atom. The van der Waals surface area contributed by atoms with Gasteiger partial charge >= 0.3 is 0 Å². The summed E-state index contributed by atoms with van der Waals surface area (Å²) in [4.78, 5) is 12.3. The van der Waals surface area contributed by atoms with E-state index in [-0.39, 0.29) is 0 Å². The summed E-state index contributed by atoms with van der Waals surface area (Å²) in [6, 6.07) is 5.34. The van der Waals surface area contributed by atoms with Crippen LogP contribution in [0.1, 0.15) is 31.2 Å². The van der Waals surface area contributed by atoms with Crippen LogP contribution in [-0.2, 0) is 11.2 Å². The van der Waals surface area contributed by atoms with Gasteiger partial charge < -0.3 is 0 Å². The van der Waals surface area contributed by atoms with Crippen LogP contribution in [0.5, 0.6) is 0 Å². The number of ketones is 1. The molecule has 0 radical (unpaired) electrons. The first-order valence-corrected chi connectivity index (χ1v) is 7.39. The molecule has 2 saturated carbocycles. The first-order valence-electron chi connectivity index (χ1n) is 6.63. The Morgan fingerprint density at radius 3 is 2.50 bits per heavy atom. The lowest BCUT2D eigenvalue weighted by Gasteiger charge is -2.04. The molecule has 0 spiro atoms. The molecule has 3 rings (SSSR count). The van der Waals surface area contributed by atoms with E-state index < -0.39 is 0 Å². The Kier molecular flexibility index (Phi) is 3.38. The van der Waals surface area contributed by atoms with Crippen molar-refractivity contribution in [3.8, 4) is 0 Å². The van der Waals surface area contributed by atoms with Crippen molar-refractivity contribution in [3.63, 3.8) is 0 Å². The van der Waals surface area contributed by atoms with Gasteiger partial charge in [0.2, 0.25) is 0 Å². The lowest BCUT2D eigenvalue weighted by Crippen LogP contribution is -2.07. The highest BCUT2D eigenvalue weighted by molar-refractivity contribution is 6.33. The summed E-state index contributed by atoms with van der Waals surface area (Å²) in [5.41, 5.74) is 0.873. The van der Waals surface area contributed by atoms with Gasteiger partial charge in [0.25, 0.3) is 0 Å². The molecule has 1 aromatic carbocycles. The topological polar surface area (TPSA) is 17.1 Å². The van der Waals surface area contributed by atoms with Crippen LogP contribution in [0.4, 0.5) is 0 Å². The van der Waals surface area contributed by atoms with Crippen molar-refractivity contribution in [2.75, 3.05) is 0 Å². The maximum Gasteiger partial charge on any atom is 0.140 e. The smallest absolute Gasteiger partial charge is 0.140 e. The highest BCUT2D eigenvalue weighted by Gasteiger charge is 2.53. The van der Waals surface area contributed by atoms with Gasteiger partial charge in [0.1, 0.15) is 5.78 Å². The minimum absolute atomic E-state index is 0.308. The summed E-state index contributed by atoms with van der Waals surface area (Å²) < 4.78 is 0. The van der Waals surface area contributed by atoms with E-state index >= 15 is 0 Å². The predicted octanol–water partition coefficient (Wildman–Crippen LogP) is 4.54. The maximum absolute atomic E-state index is 12.3. The quantitative estimate of drug-likeness (QED) is 0.795.